The molecule has 0 aliphatic heterocycles. The van der Waals surface area contributed by atoms with Crippen LogP contribution in [-0.2, 0) is 11.3 Å². The minimum Gasteiger partial charge on any atom is -0.481 e. The summed E-state index contributed by atoms with van der Waals surface area (Å²) in [7, 11) is 0. The van der Waals surface area contributed by atoms with Crippen molar-refractivity contribution in [1.29, 1.82) is 0 Å². The second-order valence-corrected chi connectivity index (χ2v) is 4.27. The highest BCUT2D eigenvalue weighted by atomic mass is 16.4. The van der Waals surface area contributed by atoms with Crippen LogP contribution in [0.15, 0.2) is 6.07 Å². The summed E-state index contributed by atoms with van der Waals surface area (Å²) in [5.41, 5.74) is 1.14. The molecule has 1 rings (SSSR count). The second-order valence-electron chi connectivity index (χ2n) is 4.27. The molecule has 0 spiro atoms. The molecule has 78 valence electrons. The monoisotopic (exact) mass is 196 g/mol. The molecule has 0 aliphatic rings. The maximum Gasteiger partial charge on any atom is 0.310 e. The number of aryl methyl sites for hydroxylation is 2. The maximum absolute atomic E-state index is 10.9. The minimum absolute atomic E-state index is 0.405. The average Bonchev–Trinajstić information content (AvgIpc) is 2.29. The minimum atomic E-state index is -0.801. The van der Waals surface area contributed by atoms with Gasteiger partial charge in [0.15, 0.2) is 0 Å². The van der Waals surface area contributed by atoms with Crippen LogP contribution in [-0.4, -0.2) is 20.9 Å². The highest BCUT2D eigenvalue weighted by molar-refractivity contribution is 5.73. The molecule has 1 N–H and O–H groups in total. The molecule has 0 aliphatic carbocycles. The Morgan fingerprint density at radius 2 is 2.14 bits per heavy atom. The van der Waals surface area contributed by atoms with Gasteiger partial charge in [-0.2, -0.15) is 5.10 Å². The Morgan fingerprint density at radius 1 is 1.57 bits per heavy atom. The van der Waals surface area contributed by atoms with E-state index >= 15 is 0 Å². The topological polar surface area (TPSA) is 55.1 Å². The smallest absolute Gasteiger partial charge is 0.310 e. The number of carboxylic acid groups (broad SMARTS) is 1. The van der Waals surface area contributed by atoms with Crippen molar-refractivity contribution in [2.24, 2.45) is 5.41 Å². The lowest BCUT2D eigenvalue weighted by Crippen LogP contribution is -2.30. The molecule has 0 saturated heterocycles. The Labute approximate surface area is 83.5 Å². The molecule has 0 atom stereocenters. The van der Waals surface area contributed by atoms with Crippen molar-refractivity contribution >= 4 is 5.97 Å². The van der Waals surface area contributed by atoms with E-state index in [2.05, 4.69) is 5.10 Å². The zero-order chi connectivity index (χ0) is 10.9. The summed E-state index contributed by atoms with van der Waals surface area (Å²) in [4.78, 5) is 10.9. The van der Waals surface area contributed by atoms with Gasteiger partial charge >= 0.3 is 5.97 Å². The predicted molar refractivity (Wildman–Crippen MR) is 53.1 cm³/mol. The Bertz CT molecular complexity index is 353. The van der Waals surface area contributed by atoms with Gasteiger partial charge in [0.25, 0.3) is 0 Å². The average molecular weight is 196 g/mol. The summed E-state index contributed by atoms with van der Waals surface area (Å²) in [6.45, 7) is 7.63. The summed E-state index contributed by atoms with van der Waals surface area (Å²) in [6, 6.07) is 1.94. The number of nitrogens with zero attached hydrogens (tertiary/aromatic N) is 2. The zero-order valence-corrected chi connectivity index (χ0v) is 9.03. The van der Waals surface area contributed by atoms with Crippen LogP contribution in [0.5, 0.6) is 0 Å². The normalized spacial score (nSPS) is 11.7. The predicted octanol–water partition coefficient (Wildman–Crippen LogP) is 1.61. The molecule has 4 heteroatoms. The molecule has 0 saturated carbocycles. The quantitative estimate of drug-likeness (QED) is 0.799. The molecular formula is C10H16N2O2. The van der Waals surface area contributed by atoms with Gasteiger partial charge in [-0.1, -0.05) is 0 Å². The SMILES string of the molecule is Cc1cc(C)n(CC(C)(C)C(=O)O)n1. The van der Waals surface area contributed by atoms with E-state index in [9.17, 15) is 4.79 Å². The Kier molecular flexibility index (Phi) is 2.64. The van der Waals surface area contributed by atoms with Gasteiger partial charge in [0.1, 0.15) is 0 Å². The first-order valence-corrected chi connectivity index (χ1v) is 4.57. The number of carboxylic acids is 1. The van der Waals surface area contributed by atoms with Crippen molar-refractivity contribution in [3.63, 3.8) is 0 Å². The van der Waals surface area contributed by atoms with Gasteiger partial charge in [0.2, 0.25) is 0 Å². The standard InChI is InChI=1S/C10H16N2O2/c1-7-5-8(2)12(11-7)6-10(3,4)9(13)14/h5H,6H2,1-4H3,(H,13,14). The molecule has 14 heavy (non-hydrogen) atoms. The summed E-state index contributed by atoms with van der Waals surface area (Å²) < 4.78 is 1.74. The number of carbonyl (C=O) groups is 1. The Hall–Kier alpha value is -1.32. The van der Waals surface area contributed by atoms with Gasteiger partial charge in [-0.05, 0) is 33.8 Å². The Balaban J connectivity index is 2.88. The van der Waals surface area contributed by atoms with Gasteiger partial charge in [0.05, 0.1) is 17.7 Å². The summed E-state index contributed by atoms with van der Waals surface area (Å²) in [5.74, 6) is -0.801. The lowest BCUT2D eigenvalue weighted by atomic mass is 9.94. The van der Waals surface area contributed by atoms with Crippen LogP contribution in [0.4, 0.5) is 0 Å². The van der Waals surface area contributed by atoms with E-state index in [4.69, 9.17) is 5.11 Å². The van der Waals surface area contributed by atoms with Crippen LogP contribution < -0.4 is 0 Å². The highest BCUT2D eigenvalue weighted by Gasteiger charge is 2.28. The molecule has 0 fully saturated rings. The first kappa shape index (κ1) is 10.8. The molecule has 0 unspecified atom stereocenters. The molecule has 1 aromatic rings. The van der Waals surface area contributed by atoms with Crippen molar-refractivity contribution in [2.75, 3.05) is 0 Å². The molecule has 0 radical (unpaired) electrons. The third kappa shape index (κ3) is 2.13. The number of aliphatic carboxylic acids is 1. The lowest BCUT2D eigenvalue weighted by Gasteiger charge is -2.19. The van der Waals surface area contributed by atoms with Gasteiger partial charge < -0.3 is 5.11 Å². The fraction of sp³-hybridized carbons (Fsp3) is 0.600. The number of hydrogen-bond donors (Lipinski definition) is 1. The van der Waals surface area contributed by atoms with Crippen LogP contribution >= 0.6 is 0 Å². The van der Waals surface area contributed by atoms with Crippen LogP contribution in [0.2, 0.25) is 0 Å². The summed E-state index contributed by atoms with van der Waals surface area (Å²) >= 11 is 0. The van der Waals surface area contributed by atoms with Crippen molar-refractivity contribution in [1.82, 2.24) is 9.78 Å². The molecule has 0 aromatic carbocycles. The van der Waals surface area contributed by atoms with E-state index in [1.807, 2.05) is 19.9 Å². The first-order chi connectivity index (χ1) is 6.33. The van der Waals surface area contributed by atoms with Gasteiger partial charge in [-0.25, -0.2) is 0 Å². The highest BCUT2D eigenvalue weighted by Crippen LogP contribution is 2.19. The first-order valence-electron chi connectivity index (χ1n) is 4.57. The summed E-state index contributed by atoms with van der Waals surface area (Å²) in [6.07, 6.45) is 0. The van der Waals surface area contributed by atoms with Crippen molar-refractivity contribution in [2.45, 2.75) is 34.2 Å². The third-order valence-corrected chi connectivity index (χ3v) is 2.23. The molecular weight excluding hydrogens is 180 g/mol. The largest absolute Gasteiger partial charge is 0.481 e. The number of aromatic nitrogens is 2. The third-order valence-electron chi connectivity index (χ3n) is 2.23. The number of hydrogen-bond acceptors (Lipinski definition) is 2. The van der Waals surface area contributed by atoms with Crippen molar-refractivity contribution < 1.29 is 9.90 Å². The fourth-order valence-electron chi connectivity index (χ4n) is 1.28. The molecule has 0 bridgehead atoms. The lowest BCUT2D eigenvalue weighted by molar-refractivity contribution is -0.147. The van der Waals surface area contributed by atoms with E-state index in [0.29, 0.717) is 6.54 Å². The van der Waals surface area contributed by atoms with E-state index < -0.39 is 11.4 Å². The fourth-order valence-corrected chi connectivity index (χ4v) is 1.28. The van der Waals surface area contributed by atoms with Gasteiger partial charge in [-0.3, -0.25) is 9.48 Å². The zero-order valence-electron chi connectivity index (χ0n) is 9.03. The van der Waals surface area contributed by atoms with Crippen LogP contribution in [0, 0.1) is 19.3 Å². The molecule has 0 amide bonds. The van der Waals surface area contributed by atoms with Crippen LogP contribution in [0.1, 0.15) is 25.2 Å². The van der Waals surface area contributed by atoms with Crippen LogP contribution in [0.25, 0.3) is 0 Å². The second kappa shape index (κ2) is 3.44. The van der Waals surface area contributed by atoms with Crippen molar-refractivity contribution in [3.8, 4) is 0 Å². The Morgan fingerprint density at radius 3 is 2.50 bits per heavy atom. The van der Waals surface area contributed by atoms with Gasteiger partial charge in [-0.15, -0.1) is 0 Å². The summed E-state index contributed by atoms with van der Waals surface area (Å²) in [5, 5.41) is 13.2. The molecule has 4 nitrogen and oxygen atoms in total. The van der Waals surface area contributed by atoms with Crippen LogP contribution in [0.3, 0.4) is 0 Å². The van der Waals surface area contributed by atoms with E-state index in [1.54, 1.807) is 18.5 Å². The van der Waals surface area contributed by atoms with E-state index in [-0.39, 0.29) is 0 Å². The van der Waals surface area contributed by atoms with Crippen molar-refractivity contribution in [3.05, 3.63) is 17.5 Å². The molecule has 1 heterocycles. The van der Waals surface area contributed by atoms with E-state index in [0.717, 1.165) is 11.4 Å². The van der Waals surface area contributed by atoms with Gasteiger partial charge in [0, 0.05) is 5.69 Å². The van der Waals surface area contributed by atoms with E-state index in [1.165, 1.54) is 0 Å². The maximum atomic E-state index is 10.9. The molecule has 1 aromatic heterocycles. The number of rotatable bonds is 3.